The molecule has 27 heavy (non-hydrogen) atoms. The summed E-state index contributed by atoms with van der Waals surface area (Å²) in [5, 5.41) is 7.88. The number of aromatic nitrogens is 1. The molecule has 1 aromatic carbocycles. The van der Waals surface area contributed by atoms with Gasteiger partial charge in [-0.05, 0) is 32.3 Å². The standard InChI is InChI=1S/C21H32N4OS/c1-5-19-17(3)27-20(25-19)12-14-24-21(22-4)23-13-9-15-26-16(2)18-10-7-6-8-11-18/h6-8,10-11,16H,5,9,12-15H2,1-4H3,(H2,22,23,24). The lowest BCUT2D eigenvalue weighted by Crippen LogP contribution is -2.39. The van der Waals surface area contributed by atoms with Gasteiger partial charge in [-0.25, -0.2) is 4.98 Å². The number of hydrogen-bond acceptors (Lipinski definition) is 4. The lowest BCUT2D eigenvalue weighted by Gasteiger charge is -2.14. The number of aliphatic imine (C=N–C) groups is 1. The van der Waals surface area contributed by atoms with E-state index in [4.69, 9.17) is 4.74 Å². The van der Waals surface area contributed by atoms with E-state index in [2.05, 4.69) is 53.5 Å². The van der Waals surface area contributed by atoms with E-state index in [1.165, 1.54) is 21.1 Å². The van der Waals surface area contributed by atoms with Gasteiger partial charge in [0.2, 0.25) is 0 Å². The molecule has 0 aliphatic rings. The van der Waals surface area contributed by atoms with Crippen LogP contribution in [0.15, 0.2) is 35.3 Å². The third kappa shape index (κ3) is 7.31. The highest BCUT2D eigenvalue weighted by atomic mass is 32.1. The molecule has 0 radical (unpaired) electrons. The molecule has 5 nitrogen and oxygen atoms in total. The quantitative estimate of drug-likeness (QED) is 0.368. The Hall–Kier alpha value is -1.92. The number of nitrogens with zero attached hydrogens (tertiary/aromatic N) is 2. The van der Waals surface area contributed by atoms with Crippen LogP contribution >= 0.6 is 11.3 Å². The molecule has 1 aromatic heterocycles. The van der Waals surface area contributed by atoms with Gasteiger partial charge in [0.1, 0.15) is 0 Å². The van der Waals surface area contributed by atoms with Crippen LogP contribution in [0.25, 0.3) is 0 Å². The molecule has 1 atom stereocenters. The molecule has 2 aromatic rings. The van der Waals surface area contributed by atoms with Gasteiger partial charge in [0.15, 0.2) is 5.96 Å². The Morgan fingerprint density at radius 1 is 1.22 bits per heavy atom. The van der Waals surface area contributed by atoms with Gasteiger partial charge in [0.05, 0.1) is 16.8 Å². The summed E-state index contributed by atoms with van der Waals surface area (Å²) in [5.41, 5.74) is 2.44. The van der Waals surface area contributed by atoms with Crippen molar-refractivity contribution in [3.8, 4) is 0 Å². The SMILES string of the molecule is CCc1nc(CCNC(=NC)NCCCOC(C)c2ccccc2)sc1C. The fraction of sp³-hybridized carbons (Fsp3) is 0.524. The highest BCUT2D eigenvalue weighted by molar-refractivity contribution is 7.11. The topological polar surface area (TPSA) is 58.5 Å². The number of guanidine groups is 1. The van der Waals surface area contributed by atoms with E-state index >= 15 is 0 Å². The fourth-order valence-corrected chi connectivity index (χ4v) is 3.81. The number of ether oxygens (including phenoxy) is 1. The average Bonchev–Trinajstić information content (AvgIpc) is 3.06. The Morgan fingerprint density at radius 2 is 1.96 bits per heavy atom. The van der Waals surface area contributed by atoms with Crippen molar-refractivity contribution in [3.63, 3.8) is 0 Å². The second kappa shape index (κ2) is 11.7. The smallest absolute Gasteiger partial charge is 0.190 e. The van der Waals surface area contributed by atoms with Crippen LogP contribution in [0.3, 0.4) is 0 Å². The molecule has 2 N–H and O–H groups in total. The lowest BCUT2D eigenvalue weighted by molar-refractivity contribution is 0.0646. The molecule has 0 aliphatic carbocycles. The summed E-state index contributed by atoms with van der Waals surface area (Å²) in [6.07, 6.45) is 2.98. The van der Waals surface area contributed by atoms with E-state index in [0.717, 1.165) is 44.9 Å². The third-order valence-corrected chi connectivity index (χ3v) is 5.45. The molecule has 0 bridgehead atoms. The number of nitrogens with one attached hydrogen (secondary N) is 2. The molecule has 0 fully saturated rings. The largest absolute Gasteiger partial charge is 0.374 e. The van der Waals surface area contributed by atoms with Gasteiger partial charge in [-0.2, -0.15) is 0 Å². The third-order valence-electron chi connectivity index (χ3n) is 4.38. The van der Waals surface area contributed by atoms with E-state index in [1.807, 2.05) is 18.2 Å². The zero-order valence-corrected chi connectivity index (χ0v) is 17.7. The van der Waals surface area contributed by atoms with Gasteiger partial charge in [-0.3, -0.25) is 4.99 Å². The maximum absolute atomic E-state index is 5.90. The highest BCUT2D eigenvalue weighted by Gasteiger charge is 2.07. The number of thiazole rings is 1. The molecule has 2 rings (SSSR count). The van der Waals surface area contributed by atoms with Crippen molar-refractivity contribution in [1.82, 2.24) is 15.6 Å². The van der Waals surface area contributed by atoms with E-state index in [1.54, 1.807) is 18.4 Å². The fourth-order valence-electron chi connectivity index (χ4n) is 2.79. The molecule has 0 aliphatic heterocycles. The van der Waals surface area contributed by atoms with Gasteiger partial charge in [0.25, 0.3) is 0 Å². The van der Waals surface area contributed by atoms with Crippen LogP contribution in [-0.4, -0.2) is 37.7 Å². The highest BCUT2D eigenvalue weighted by Crippen LogP contribution is 2.18. The minimum atomic E-state index is 0.124. The van der Waals surface area contributed by atoms with E-state index < -0.39 is 0 Å². The number of hydrogen-bond donors (Lipinski definition) is 2. The van der Waals surface area contributed by atoms with Crippen LogP contribution in [0, 0.1) is 6.92 Å². The van der Waals surface area contributed by atoms with Crippen LogP contribution in [0.4, 0.5) is 0 Å². The van der Waals surface area contributed by atoms with Crippen molar-refractivity contribution in [2.75, 3.05) is 26.7 Å². The average molecular weight is 389 g/mol. The first kappa shape index (κ1) is 21.4. The van der Waals surface area contributed by atoms with Gasteiger partial charge in [-0.15, -0.1) is 11.3 Å². The Balaban J connectivity index is 1.60. The van der Waals surface area contributed by atoms with E-state index in [0.29, 0.717) is 0 Å². The second-order valence-electron chi connectivity index (χ2n) is 6.42. The Morgan fingerprint density at radius 3 is 2.63 bits per heavy atom. The molecule has 148 valence electrons. The maximum atomic E-state index is 5.90. The van der Waals surface area contributed by atoms with Gasteiger partial charge in [0, 0.05) is 38.0 Å². The van der Waals surface area contributed by atoms with Crippen molar-refractivity contribution in [2.24, 2.45) is 4.99 Å². The molecule has 0 saturated carbocycles. The number of rotatable bonds is 10. The predicted molar refractivity (Wildman–Crippen MR) is 115 cm³/mol. The number of benzene rings is 1. The molecular weight excluding hydrogens is 356 g/mol. The summed E-state index contributed by atoms with van der Waals surface area (Å²) in [5.74, 6) is 0.829. The molecule has 0 saturated heterocycles. The van der Waals surface area contributed by atoms with Crippen molar-refractivity contribution in [2.45, 2.75) is 46.1 Å². The van der Waals surface area contributed by atoms with Gasteiger partial charge in [-0.1, -0.05) is 37.3 Å². The zero-order valence-electron chi connectivity index (χ0n) is 16.9. The van der Waals surface area contributed by atoms with Crippen molar-refractivity contribution in [3.05, 3.63) is 51.5 Å². The van der Waals surface area contributed by atoms with Crippen molar-refractivity contribution < 1.29 is 4.74 Å². The van der Waals surface area contributed by atoms with Crippen molar-refractivity contribution in [1.29, 1.82) is 0 Å². The first-order valence-corrected chi connectivity index (χ1v) is 10.5. The Kier molecular flexibility index (Phi) is 9.28. The normalized spacial score (nSPS) is 12.8. The number of aryl methyl sites for hydroxylation is 2. The minimum absolute atomic E-state index is 0.124. The van der Waals surface area contributed by atoms with Crippen LogP contribution in [0.5, 0.6) is 0 Å². The van der Waals surface area contributed by atoms with Crippen molar-refractivity contribution >= 4 is 17.3 Å². The van der Waals surface area contributed by atoms with Gasteiger partial charge >= 0.3 is 0 Å². The summed E-state index contributed by atoms with van der Waals surface area (Å²) in [6.45, 7) is 8.77. The predicted octanol–water partition coefficient (Wildman–Crippen LogP) is 3.89. The summed E-state index contributed by atoms with van der Waals surface area (Å²) < 4.78 is 5.90. The zero-order chi connectivity index (χ0) is 19.5. The minimum Gasteiger partial charge on any atom is -0.374 e. The first-order chi connectivity index (χ1) is 13.1. The summed E-state index contributed by atoms with van der Waals surface area (Å²) in [4.78, 5) is 10.3. The molecule has 0 amide bonds. The Bertz CT molecular complexity index is 699. The Labute approximate surface area is 167 Å². The molecular formula is C21H32N4OS. The van der Waals surface area contributed by atoms with Gasteiger partial charge < -0.3 is 15.4 Å². The van der Waals surface area contributed by atoms with Crippen LogP contribution in [0.1, 0.15) is 47.5 Å². The lowest BCUT2D eigenvalue weighted by atomic mass is 10.1. The summed E-state index contributed by atoms with van der Waals surface area (Å²) in [6, 6.07) is 10.3. The maximum Gasteiger partial charge on any atom is 0.190 e. The summed E-state index contributed by atoms with van der Waals surface area (Å²) >= 11 is 1.80. The van der Waals surface area contributed by atoms with Crippen LogP contribution in [0.2, 0.25) is 0 Å². The molecule has 6 heteroatoms. The van der Waals surface area contributed by atoms with E-state index in [-0.39, 0.29) is 6.10 Å². The first-order valence-electron chi connectivity index (χ1n) is 9.70. The molecule has 0 spiro atoms. The van der Waals surface area contributed by atoms with Crippen LogP contribution < -0.4 is 10.6 Å². The summed E-state index contributed by atoms with van der Waals surface area (Å²) in [7, 11) is 1.80. The van der Waals surface area contributed by atoms with Crippen LogP contribution in [-0.2, 0) is 17.6 Å². The van der Waals surface area contributed by atoms with E-state index in [9.17, 15) is 0 Å². The molecule has 1 heterocycles. The monoisotopic (exact) mass is 388 g/mol. The second-order valence-corrected chi connectivity index (χ2v) is 7.70. The molecule has 1 unspecified atom stereocenters.